The van der Waals surface area contributed by atoms with Crippen LogP contribution in [0.15, 0.2) is 47.6 Å². The molecule has 1 aromatic heterocycles. The average molecular weight is 424 g/mol. The summed E-state index contributed by atoms with van der Waals surface area (Å²) in [7, 11) is 0. The van der Waals surface area contributed by atoms with Gasteiger partial charge in [0.05, 0.1) is 23.1 Å². The first-order valence-electron chi connectivity index (χ1n) is 7.96. The number of anilines is 1. The van der Waals surface area contributed by atoms with Gasteiger partial charge in [0.15, 0.2) is 0 Å². The zero-order valence-corrected chi connectivity index (χ0v) is 16.6. The third-order valence-corrected chi connectivity index (χ3v) is 4.85. The second-order valence-electron chi connectivity index (χ2n) is 5.24. The molecule has 0 atom stereocenters. The molecular weight excluding hydrogens is 409 g/mol. The SMILES string of the molecule is CCOc1ccccc1-n1nnnc1SCC(=O)Nc1cc(Cl)ccc1Cl. The van der Waals surface area contributed by atoms with E-state index in [9.17, 15) is 4.79 Å². The van der Waals surface area contributed by atoms with Crippen molar-refractivity contribution in [3.8, 4) is 11.4 Å². The normalized spacial score (nSPS) is 10.6. The Bertz CT molecular complexity index is 951. The van der Waals surface area contributed by atoms with Crippen LogP contribution in [-0.4, -0.2) is 38.5 Å². The van der Waals surface area contributed by atoms with Crippen molar-refractivity contribution in [3.63, 3.8) is 0 Å². The highest BCUT2D eigenvalue weighted by Gasteiger charge is 2.15. The van der Waals surface area contributed by atoms with Crippen molar-refractivity contribution in [1.29, 1.82) is 0 Å². The van der Waals surface area contributed by atoms with Gasteiger partial charge < -0.3 is 10.1 Å². The molecule has 0 saturated heterocycles. The fraction of sp³-hybridized carbons (Fsp3) is 0.176. The smallest absolute Gasteiger partial charge is 0.234 e. The molecule has 0 aliphatic heterocycles. The van der Waals surface area contributed by atoms with Crippen LogP contribution >= 0.6 is 35.0 Å². The number of carbonyl (C=O) groups excluding carboxylic acids is 1. The molecule has 0 unspecified atom stereocenters. The molecule has 1 amide bonds. The molecular formula is C17H15Cl2N5O2S. The Kier molecular flexibility index (Phi) is 6.54. The number of thioether (sulfide) groups is 1. The molecule has 1 N–H and O–H groups in total. The number of nitrogens with zero attached hydrogens (tertiary/aromatic N) is 4. The molecule has 2 aromatic carbocycles. The average Bonchev–Trinajstić information content (AvgIpc) is 3.12. The molecule has 0 aliphatic rings. The summed E-state index contributed by atoms with van der Waals surface area (Å²) in [5, 5.41) is 15.8. The van der Waals surface area contributed by atoms with E-state index in [-0.39, 0.29) is 11.7 Å². The van der Waals surface area contributed by atoms with Crippen molar-refractivity contribution in [2.24, 2.45) is 0 Å². The second-order valence-corrected chi connectivity index (χ2v) is 7.02. The van der Waals surface area contributed by atoms with Gasteiger partial charge >= 0.3 is 0 Å². The number of hydrogen-bond donors (Lipinski definition) is 1. The predicted octanol–water partition coefficient (Wildman–Crippen LogP) is 4.10. The highest BCUT2D eigenvalue weighted by Crippen LogP contribution is 2.27. The van der Waals surface area contributed by atoms with Gasteiger partial charge in [0, 0.05) is 5.02 Å². The lowest BCUT2D eigenvalue weighted by Gasteiger charge is -2.10. The van der Waals surface area contributed by atoms with Gasteiger partial charge in [-0.25, -0.2) is 0 Å². The summed E-state index contributed by atoms with van der Waals surface area (Å²) in [5.41, 5.74) is 1.15. The first kappa shape index (κ1) is 19.5. The molecule has 7 nitrogen and oxygen atoms in total. The number of tetrazole rings is 1. The third-order valence-electron chi connectivity index (χ3n) is 3.37. The number of nitrogens with one attached hydrogen (secondary N) is 1. The van der Waals surface area contributed by atoms with Crippen molar-refractivity contribution in [3.05, 3.63) is 52.5 Å². The number of carbonyl (C=O) groups is 1. The number of aromatic nitrogens is 4. The molecule has 0 radical (unpaired) electrons. The van der Waals surface area contributed by atoms with Crippen molar-refractivity contribution in [2.45, 2.75) is 12.1 Å². The minimum atomic E-state index is -0.253. The Balaban J connectivity index is 1.70. The summed E-state index contributed by atoms with van der Waals surface area (Å²) < 4.78 is 7.15. The van der Waals surface area contributed by atoms with E-state index in [1.807, 2.05) is 31.2 Å². The van der Waals surface area contributed by atoms with Crippen molar-refractivity contribution in [2.75, 3.05) is 17.7 Å². The maximum Gasteiger partial charge on any atom is 0.234 e. The summed E-state index contributed by atoms with van der Waals surface area (Å²) in [5.74, 6) is 0.501. The lowest BCUT2D eigenvalue weighted by molar-refractivity contribution is -0.113. The van der Waals surface area contributed by atoms with Crippen LogP contribution in [0.4, 0.5) is 5.69 Å². The Morgan fingerprint density at radius 3 is 2.89 bits per heavy atom. The molecule has 10 heteroatoms. The fourth-order valence-corrected chi connectivity index (χ4v) is 3.26. The van der Waals surface area contributed by atoms with E-state index in [1.165, 1.54) is 16.4 Å². The Morgan fingerprint density at radius 1 is 1.26 bits per heavy atom. The minimum Gasteiger partial charge on any atom is -0.492 e. The molecule has 0 saturated carbocycles. The maximum atomic E-state index is 12.3. The largest absolute Gasteiger partial charge is 0.492 e. The molecule has 140 valence electrons. The Morgan fingerprint density at radius 2 is 2.07 bits per heavy atom. The highest BCUT2D eigenvalue weighted by atomic mass is 35.5. The van der Waals surface area contributed by atoms with Crippen LogP contribution in [0, 0.1) is 0 Å². The van der Waals surface area contributed by atoms with Gasteiger partial charge in [0.2, 0.25) is 11.1 Å². The van der Waals surface area contributed by atoms with E-state index in [0.717, 1.165) is 0 Å². The van der Waals surface area contributed by atoms with Crippen molar-refractivity contribution < 1.29 is 9.53 Å². The van der Waals surface area contributed by atoms with Crippen LogP contribution in [0.1, 0.15) is 6.92 Å². The molecule has 0 aliphatic carbocycles. The number of benzene rings is 2. The Labute approximate surface area is 170 Å². The van der Waals surface area contributed by atoms with E-state index in [4.69, 9.17) is 27.9 Å². The molecule has 0 fully saturated rings. The zero-order chi connectivity index (χ0) is 19.2. The predicted molar refractivity (Wildman–Crippen MR) is 106 cm³/mol. The van der Waals surface area contributed by atoms with Gasteiger partial charge in [-0.2, -0.15) is 4.68 Å². The first-order valence-corrected chi connectivity index (χ1v) is 9.71. The van der Waals surface area contributed by atoms with Gasteiger partial charge in [0.1, 0.15) is 11.4 Å². The summed E-state index contributed by atoms with van der Waals surface area (Å²) >= 11 is 13.2. The van der Waals surface area contributed by atoms with Crippen molar-refractivity contribution in [1.82, 2.24) is 20.2 Å². The number of halogens is 2. The summed E-state index contributed by atoms with van der Waals surface area (Å²) in [4.78, 5) is 12.3. The number of para-hydroxylation sites is 2. The number of hydrogen-bond acceptors (Lipinski definition) is 6. The van der Waals surface area contributed by atoms with Crippen LogP contribution in [0.5, 0.6) is 5.75 Å². The standard InChI is InChI=1S/C17H15Cl2N5O2S/c1-2-26-15-6-4-3-5-14(15)24-17(21-22-23-24)27-10-16(25)20-13-9-11(18)7-8-12(13)19/h3-9H,2,10H2,1H3,(H,20,25). The van der Waals surface area contributed by atoms with E-state index >= 15 is 0 Å². The van der Waals surface area contributed by atoms with Crippen LogP contribution in [-0.2, 0) is 4.79 Å². The second kappa shape index (κ2) is 9.07. The number of ether oxygens (including phenoxy) is 1. The zero-order valence-electron chi connectivity index (χ0n) is 14.2. The lowest BCUT2D eigenvalue weighted by atomic mass is 10.3. The van der Waals surface area contributed by atoms with Crippen LogP contribution in [0.25, 0.3) is 5.69 Å². The summed E-state index contributed by atoms with van der Waals surface area (Å²) in [6, 6.07) is 12.3. The molecule has 0 spiro atoms. The summed E-state index contributed by atoms with van der Waals surface area (Å²) in [6.07, 6.45) is 0. The van der Waals surface area contributed by atoms with E-state index in [0.29, 0.717) is 38.9 Å². The van der Waals surface area contributed by atoms with Gasteiger partial charge in [-0.05, 0) is 47.7 Å². The van der Waals surface area contributed by atoms with Gasteiger partial charge in [-0.15, -0.1) is 5.10 Å². The lowest BCUT2D eigenvalue weighted by Crippen LogP contribution is -2.15. The van der Waals surface area contributed by atoms with Gasteiger partial charge in [0.25, 0.3) is 0 Å². The van der Waals surface area contributed by atoms with Crippen LogP contribution < -0.4 is 10.1 Å². The number of amides is 1. The molecule has 3 rings (SSSR count). The van der Waals surface area contributed by atoms with Crippen LogP contribution in [0.3, 0.4) is 0 Å². The van der Waals surface area contributed by atoms with E-state index in [2.05, 4.69) is 20.8 Å². The Hall–Kier alpha value is -2.29. The molecule has 3 aromatic rings. The summed E-state index contributed by atoms with van der Waals surface area (Å²) in [6.45, 7) is 2.42. The third kappa shape index (κ3) is 4.91. The topological polar surface area (TPSA) is 81.9 Å². The van der Waals surface area contributed by atoms with Crippen molar-refractivity contribution >= 4 is 46.6 Å². The molecule has 27 heavy (non-hydrogen) atoms. The fourth-order valence-electron chi connectivity index (χ4n) is 2.24. The molecule has 1 heterocycles. The highest BCUT2D eigenvalue weighted by molar-refractivity contribution is 7.99. The maximum absolute atomic E-state index is 12.3. The number of rotatable bonds is 7. The van der Waals surface area contributed by atoms with E-state index in [1.54, 1.807) is 18.2 Å². The monoisotopic (exact) mass is 423 g/mol. The van der Waals surface area contributed by atoms with Gasteiger partial charge in [-0.3, -0.25) is 4.79 Å². The van der Waals surface area contributed by atoms with Crippen LogP contribution in [0.2, 0.25) is 10.0 Å². The van der Waals surface area contributed by atoms with Gasteiger partial charge in [-0.1, -0.05) is 47.1 Å². The molecule has 0 bridgehead atoms. The van der Waals surface area contributed by atoms with E-state index < -0.39 is 0 Å². The quantitative estimate of drug-likeness (QED) is 0.576. The minimum absolute atomic E-state index is 0.0972. The first-order chi connectivity index (χ1) is 13.1.